The van der Waals surface area contributed by atoms with Crippen LogP contribution >= 0.6 is 11.6 Å². The van der Waals surface area contributed by atoms with Crippen LogP contribution in [0.15, 0.2) is 47.9 Å². The lowest BCUT2D eigenvalue weighted by Crippen LogP contribution is -2.32. The number of benzene rings is 1. The molecule has 3 heterocycles. The average Bonchev–Trinajstić information content (AvgIpc) is 2.84. The van der Waals surface area contributed by atoms with Crippen LogP contribution in [-0.4, -0.2) is 36.0 Å². The maximum Gasteiger partial charge on any atom is 0.263 e. The minimum atomic E-state index is -0.447. The van der Waals surface area contributed by atoms with Crippen LogP contribution in [0.1, 0.15) is 49.4 Å². The molecule has 0 saturated heterocycles. The van der Waals surface area contributed by atoms with E-state index in [0.29, 0.717) is 51.8 Å². The Kier molecular flexibility index (Phi) is 7.19. The number of nitrogens with one attached hydrogen (secondary N) is 1. The quantitative estimate of drug-likeness (QED) is 0.347. The first-order valence-electron chi connectivity index (χ1n) is 11.0. The molecular weight excluding hydrogens is 466 g/mol. The van der Waals surface area contributed by atoms with Crippen molar-refractivity contribution in [2.24, 2.45) is 5.73 Å². The van der Waals surface area contributed by atoms with Crippen LogP contribution in [0.5, 0.6) is 0 Å². The van der Waals surface area contributed by atoms with Gasteiger partial charge < -0.3 is 16.8 Å². The van der Waals surface area contributed by atoms with E-state index in [1.807, 2.05) is 13.8 Å². The largest absolute Gasteiger partial charge is 0.382 e. The summed E-state index contributed by atoms with van der Waals surface area (Å²) < 4.78 is 1.63. The lowest BCUT2D eigenvalue weighted by molar-refractivity contribution is 0.465. The number of nitrogen functional groups attached to an aromatic ring is 1. The maximum absolute atomic E-state index is 13.5. The predicted octanol–water partition coefficient (Wildman–Crippen LogP) is 2.69. The monoisotopic (exact) mass is 489 g/mol. The molecule has 0 aliphatic heterocycles. The fourth-order valence-corrected chi connectivity index (χ4v) is 3.96. The Bertz CT molecular complexity index is 1480. The molecule has 0 bridgehead atoms. The second-order valence-corrected chi connectivity index (χ2v) is 8.30. The number of nitrogens with zero attached hydrogens (tertiary/aromatic N) is 6. The Labute approximate surface area is 206 Å². The molecule has 0 amide bonds. The SMILES string of the molecule is CC(Nc1ncnc(N)c1C#Cc1cnccn1)c1nc2cccc(Cl)c2c(=O)n1C(C)CCN. The van der Waals surface area contributed by atoms with Gasteiger partial charge in [0.25, 0.3) is 5.56 Å². The molecule has 1 aromatic carbocycles. The van der Waals surface area contributed by atoms with E-state index in [1.54, 1.807) is 41.4 Å². The van der Waals surface area contributed by atoms with Crippen LogP contribution in [0.4, 0.5) is 11.6 Å². The zero-order chi connectivity index (χ0) is 24.9. The maximum atomic E-state index is 13.5. The molecule has 0 aliphatic carbocycles. The number of halogens is 1. The van der Waals surface area contributed by atoms with Crippen molar-refractivity contribution in [1.82, 2.24) is 29.5 Å². The lowest BCUT2D eigenvalue weighted by atomic mass is 10.1. The Morgan fingerprint density at radius 2 is 2.00 bits per heavy atom. The van der Waals surface area contributed by atoms with Gasteiger partial charge >= 0.3 is 0 Å². The molecule has 0 spiro atoms. The zero-order valence-electron chi connectivity index (χ0n) is 19.2. The third-order valence-electron chi connectivity index (χ3n) is 5.43. The summed E-state index contributed by atoms with van der Waals surface area (Å²) >= 11 is 6.35. The number of aromatic nitrogens is 6. The van der Waals surface area contributed by atoms with Crippen molar-refractivity contribution in [3.63, 3.8) is 0 Å². The summed E-state index contributed by atoms with van der Waals surface area (Å²) in [5, 5.41) is 4.02. The standard InChI is InChI=1S/C24H24ClN9O/c1-14(8-9-26)34-23(33-19-5-3-4-18(25)20(19)24(34)35)15(2)32-22-17(21(27)30-13-31-22)7-6-16-12-28-10-11-29-16/h3-5,10-15H,8-9,26H2,1-2H3,(H3,27,30,31,32). The van der Waals surface area contributed by atoms with Crippen LogP contribution in [0.3, 0.4) is 0 Å². The van der Waals surface area contributed by atoms with Gasteiger partial charge in [-0.25, -0.2) is 19.9 Å². The number of hydrogen-bond donors (Lipinski definition) is 3. The van der Waals surface area contributed by atoms with Crippen LogP contribution in [-0.2, 0) is 0 Å². The minimum Gasteiger partial charge on any atom is -0.382 e. The van der Waals surface area contributed by atoms with Gasteiger partial charge in [0, 0.05) is 18.4 Å². The number of anilines is 2. The molecule has 10 nitrogen and oxygen atoms in total. The lowest BCUT2D eigenvalue weighted by Gasteiger charge is -2.24. The highest BCUT2D eigenvalue weighted by Crippen LogP contribution is 2.26. The second kappa shape index (κ2) is 10.5. The second-order valence-electron chi connectivity index (χ2n) is 7.89. The topological polar surface area (TPSA) is 151 Å². The number of nitrogens with two attached hydrogens (primary N) is 2. The van der Waals surface area contributed by atoms with Crippen molar-refractivity contribution in [3.05, 3.63) is 75.6 Å². The summed E-state index contributed by atoms with van der Waals surface area (Å²) in [6, 6.07) is 4.55. The highest BCUT2D eigenvalue weighted by Gasteiger charge is 2.22. The van der Waals surface area contributed by atoms with Gasteiger partial charge in [-0.3, -0.25) is 14.3 Å². The molecule has 3 aromatic heterocycles. The van der Waals surface area contributed by atoms with Crippen molar-refractivity contribution in [2.75, 3.05) is 17.6 Å². The molecule has 0 aliphatic rings. The first-order chi connectivity index (χ1) is 16.9. The van der Waals surface area contributed by atoms with Crippen molar-refractivity contribution >= 4 is 34.1 Å². The van der Waals surface area contributed by atoms with Crippen LogP contribution in [0, 0.1) is 11.8 Å². The van der Waals surface area contributed by atoms with Crippen LogP contribution in [0.25, 0.3) is 10.9 Å². The van der Waals surface area contributed by atoms with Gasteiger partial charge in [-0.1, -0.05) is 23.6 Å². The minimum absolute atomic E-state index is 0.202. The van der Waals surface area contributed by atoms with Gasteiger partial charge in [0.05, 0.1) is 28.2 Å². The van der Waals surface area contributed by atoms with E-state index in [4.69, 9.17) is 28.1 Å². The van der Waals surface area contributed by atoms with E-state index < -0.39 is 6.04 Å². The Hall–Kier alpha value is -4.07. The van der Waals surface area contributed by atoms with Gasteiger partial charge in [0.2, 0.25) is 0 Å². The number of fused-ring (bicyclic) bond motifs is 1. The highest BCUT2D eigenvalue weighted by molar-refractivity contribution is 6.35. The number of hydrogen-bond acceptors (Lipinski definition) is 9. The van der Waals surface area contributed by atoms with Gasteiger partial charge in [-0.2, -0.15) is 0 Å². The van der Waals surface area contributed by atoms with E-state index in [2.05, 4.69) is 37.1 Å². The highest BCUT2D eigenvalue weighted by atomic mass is 35.5. The summed E-state index contributed by atoms with van der Waals surface area (Å²) in [5.41, 5.74) is 13.1. The molecule has 178 valence electrons. The van der Waals surface area contributed by atoms with Gasteiger partial charge in [0.1, 0.15) is 35.0 Å². The molecule has 35 heavy (non-hydrogen) atoms. The fourth-order valence-electron chi connectivity index (χ4n) is 3.71. The summed E-state index contributed by atoms with van der Waals surface area (Å²) in [6.45, 7) is 4.22. The molecule has 4 rings (SSSR count). The van der Waals surface area contributed by atoms with Crippen molar-refractivity contribution in [2.45, 2.75) is 32.4 Å². The molecule has 5 N–H and O–H groups in total. The Balaban J connectivity index is 1.79. The normalized spacial score (nSPS) is 12.6. The van der Waals surface area contributed by atoms with E-state index in [0.717, 1.165) is 0 Å². The third kappa shape index (κ3) is 5.06. The Morgan fingerprint density at radius 1 is 1.17 bits per heavy atom. The van der Waals surface area contributed by atoms with E-state index in [-0.39, 0.29) is 17.4 Å². The van der Waals surface area contributed by atoms with Crippen molar-refractivity contribution in [3.8, 4) is 11.8 Å². The zero-order valence-corrected chi connectivity index (χ0v) is 20.0. The summed E-state index contributed by atoms with van der Waals surface area (Å²) in [4.78, 5) is 34.8. The molecule has 0 fully saturated rings. The van der Waals surface area contributed by atoms with Crippen LogP contribution in [0.2, 0.25) is 5.02 Å². The van der Waals surface area contributed by atoms with E-state index in [1.165, 1.54) is 6.33 Å². The molecule has 4 aromatic rings. The van der Waals surface area contributed by atoms with Gasteiger partial charge in [-0.05, 0) is 44.9 Å². The first kappa shape index (κ1) is 24.1. The molecule has 0 saturated carbocycles. The number of rotatable bonds is 6. The van der Waals surface area contributed by atoms with Crippen molar-refractivity contribution < 1.29 is 0 Å². The Morgan fingerprint density at radius 3 is 2.74 bits per heavy atom. The summed E-state index contributed by atoms with van der Waals surface area (Å²) in [5.74, 6) is 7.01. The van der Waals surface area contributed by atoms with E-state index >= 15 is 0 Å². The molecular formula is C24H24ClN9O. The average molecular weight is 490 g/mol. The van der Waals surface area contributed by atoms with E-state index in [9.17, 15) is 4.79 Å². The van der Waals surface area contributed by atoms with Gasteiger partial charge in [0.15, 0.2) is 0 Å². The predicted molar refractivity (Wildman–Crippen MR) is 136 cm³/mol. The van der Waals surface area contributed by atoms with Crippen LogP contribution < -0.4 is 22.3 Å². The third-order valence-corrected chi connectivity index (χ3v) is 5.74. The van der Waals surface area contributed by atoms with Gasteiger partial charge in [-0.15, -0.1) is 0 Å². The van der Waals surface area contributed by atoms with Crippen molar-refractivity contribution in [1.29, 1.82) is 0 Å². The first-order valence-corrected chi connectivity index (χ1v) is 11.3. The molecule has 2 unspecified atom stereocenters. The smallest absolute Gasteiger partial charge is 0.263 e. The molecule has 2 atom stereocenters. The summed E-state index contributed by atoms with van der Waals surface area (Å²) in [6.07, 6.45) is 6.59. The molecule has 0 radical (unpaired) electrons. The summed E-state index contributed by atoms with van der Waals surface area (Å²) in [7, 11) is 0. The fraction of sp³-hybridized carbons (Fsp3) is 0.250. The molecule has 11 heteroatoms.